The highest BCUT2D eigenvalue weighted by atomic mass is 16.5. The summed E-state index contributed by atoms with van der Waals surface area (Å²) in [5.74, 6) is 2.25. The summed E-state index contributed by atoms with van der Waals surface area (Å²) in [4.78, 5) is 0. The molecule has 2 nitrogen and oxygen atoms in total. The van der Waals surface area contributed by atoms with Crippen LogP contribution in [-0.4, -0.2) is 18.8 Å². The van der Waals surface area contributed by atoms with Crippen LogP contribution < -0.4 is 5.73 Å². The molecule has 2 N–H and O–H groups in total. The van der Waals surface area contributed by atoms with Crippen LogP contribution in [0, 0.1) is 17.8 Å². The Hall–Kier alpha value is -0.0800. The zero-order chi connectivity index (χ0) is 10.9. The molecule has 1 aliphatic heterocycles. The fraction of sp³-hybridized carbons (Fsp3) is 1.00. The van der Waals surface area contributed by atoms with Crippen LogP contribution in [0.4, 0.5) is 0 Å². The number of hydrogen-bond donors (Lipinski definition) is 1. The van der Waals surface area contributed by atoms with E-state index in [-0.39, 0.29) is 5.54 Å². The molecule has 2 aliphatic rings. The quantitative estimate of drug-likeness (QED) is 0.723. The van der Waals surface area contributed by atoms with Crippen molar-refractivity contribution in [1.82, 2.24) is 0 Å². The van der Waals surface area contributed by atoms with Gasteiger partial charge in [-0.25, -0.2) is 0 Å². The molecule has 2 rings (SSSR count). The topological polar surface area (TPSA) is 35.2 Å². The van der Waals surface area contributed by atoms with E-state index in [9.17, 15) is 0 Å². The first kappa shape index (κ1) is 11.4. The second-order valence-electron chi connectivity index (χ2n) is 5.84. The second-order valence-corrected chi connectivity index (χ2v) is 5.84. The average molecular weight is 211 g/mol. The third-order valence-corrected chi connectivity index (χ3v) is 4.71. The van der Waals surface area contributed by atoms with Gasteiger partial charge in [0.25, 0.3) is 0 Å². The van der Waals surface area contributed by atoms with Gasteiger partial charge in [-0.2, -0.15) is 0 Å². The lowest BCUT2D eigenvalue weighted by Crippen LogP contribution is -2.54. The number of rotatable bonds is 1. The Balaban J connectivity index is 1.99. The number of ether oxygens (including phenoxy) is 1. The van der Waals surface area contributed by atoms with Crippen LogP contribution in [-0.2, 0) is 4.74 Å². The Kier molecular flexibility index (Phi) is 3.36. The van der Waals surface area contributed by atoms with Crippen LogP contribution in [0.25, 0.3) is 0 Å². The minimum atomic E-state index is 0.0757. The molecule has 15 heavy (non-hydrogen) atoms. The molecule has 4 atom stereocenters. The molecule has 2 fully saturated rings. The van der Waals surface area contributed by atoms with E-state index in [2.05, 4.69) is 13.8 Å². The maximum Gasteiger partial charge on any atom is 0.0511 e. The van der Waals surface area contributed by atoms with E-state index in [4.69, 9.17) is 10.5 Å². The van der Waals surface area contributed by atoms with Crippen molar-refractivity contribution >= 4 is 0 Å². The van der Waals surface area contributed by atoms with Gasteiger partial charge in [0.2, 0.25) is 0 Å². The van der Waals surface area contributed by atoms with Gasteiger partial charge < -0.3 is 10.5 Å². The molecule has 0 bridgehead atoms. The molecule has 88 valence electrons. The fourth-order valence-electron chi connectivity index (χ4n) is 3.25. The minimum absolute atomic E-state index is 0.0757. The molecule has 0 aromatic carbocycles. The molecular weight excluding hydrogens is 186 g/mol. The third-order valence-electron chi connectivity index (χ3n) is 4.71. The van der Waals surface area contributed by atoms with Crippen LogP contribution in [0.15, 0.2) is 0 Å². The Bertz CT molecular complexity index is 213. The summed E-state index contributed by atoms with van der Waals surface area (Å²) >= 11 is 0. The van der Waals surface area contributed by atoms with Crippen LogP contribution in [0.5, 0.6) is 0 Å². The first-order chi connectivity index (χ1) is 7.12. The lowest BCUT2D eigenvalue weighted by atomic mass is 9.65. The summed E-state index contributed by atoms with van der Waals surface area (Å²) in [5.41, 5.74) is 6.68. The summed E-state index contributed by atoms with van der Waals surface area (Å²) in [5, 5.41) is 0. The van der Waals surface area contributed by atoms with E-state index in [1.54, 1.807) is 0 Å². The van der Waals surface area contributed by atoms with Gasteiger partial charge in [-0.15, -0.1) is 0 Å². The zero-order valence-electron chi connectivity index (χ0n) is 10.2. The number of nitrogens with two attached hydrogens (primary N) is 1. The van der Waals surface area contributed by atoms with E-state index in [1.165, 1.54) is 32.1 Å². The van der Waals surface area contributed by atoms with Gasteiger partial charge in [0, 0.05) is 18.1 Å². The van der Waals surface area contributed by atoms with Crippen LogP contribution >= 0.6 is 0 Å². The van der Waals surface area contributed by atoms with Crippen molar-refractivity contribution in [3.8, 4) is 0 Å². The summed E-state index contributed by atoms with van der Waals surface area (Å²) in [7, 11) is 0. The first-order valence-electron chi connectivity index (χ1n) is 6.48. The van der Waals surface area contributed by atoms with Crippen molar-refractivity contribution in [3.63, 3.8) is 0 Å². The smallest absolute Gasteiger partial charge is 0.0511 e. The zero-order valence-corrected chi connectivity index (χ0v) is 10.2. The van der Waals surface area contributed by atoms with Gasteiger partial charge in [-0.05, 0) is 43.9 Å². The summed E-state index contributed by atoms with van der Waals surface area (Å²) in [6.07, 6.45) is 6.17. The lowest BCUT2D eigenvalue weighted by Gasteiger charge is -2.46. The molecule has 1 saturated carbocycles. The summed E-state index contributed by atoms with van der Waals surface area (Å²) in [6.45, 7) is 6.56. The predicted molar refractivity (Wildman–Crippen MR) is 62.6 cm³/mol. The largest absolute Gasteiger partial charge is 0.381 e. The maximum absolute atomic E-state index is 6.61. The SMILES string of the molecule is CC1CCC(N)(C2CCCOC2)CC1C. The van der Waals surface area contributed by atoms with Gasteiger partial charge in [0.1, 0.15) is 0 Å². The van der Waals surface area contributed by atoms with Crippen molar-refractivity contribution in [2.45, 2.75) is 51.5 Å². The van der Waals surface area contributed by atoms with Gasteiger partial charge in [0.15, 0.2) is 0 Å². The molecule has 0 radical (unpaired) electrons. The van der Waals surface area contributed by atoms with E-state index >= 15 is 0 Å². The highest BCUT2D eigenvalue weighted by molar-refractivity contribution is 4.97. The van der Waals surface area contributed by atoms with Gasteiger partial charge in [-0.1, -0.05) is 13.8 Å². The lowest BCUT2D eigenvalue weighted by molar-refractivity contribution is -0.00170. The monoisotopic (exact) mass is 211 g/mol. The van der Waals surface area contributed by atoms with Gasteiger partial charge >= 0.3 is 0 Å². The minimum Gasteiger partial charge on any atom is -0.381 e. The first-order valence-corrected chi connectivity index (χ1v) is 6.48. The molecule has 1 aliphatic carbocycles. The molecule has 1 saturated heterocycles. The van der Waals surface area contributed by atoms with Crippen molar-refractivity contribution in [2.75, 3.05) is 13.2 Å². The normalized spacial score (nSPS) is 47.8. The number of hydrogen-bond acceptors (Lipinski definition) is 2. The molecule has 2 heteroatoms. The van der Waals surface area contributed by atoms with E-state index in [0.717, 1.165) is 25.0 Å². The fourth-order valence-corrected chi connectivity index (χ4v) is 3.25. The van der Waals surface area contributed by atoms with E-state index in [0.29, 0.717) is 5.92 Å². The van der Waals surface area contributed by atoms with Crippen molar-refractivity contribution < 1.29 is 4.74 Å². The highest BCUT2D eigenvalue weighted by Gasteiger charge is 2.41. The average Bonchev–Trinajstić information content (AvgIpc) is 2.26. The molecule has 0 aromatic rings. The molecule has 0 spiro atoms. The third kappa shape index (κ3) is 2.36. The Morgan fingerprint density at radius 3 is 2.60 bits per heavy atom. The Morgan fingerprint density at radius 2 is 2.00 bits per heavy atom. The van der Waals surface area contributed by atoms with Crippen molar-refractivity contribution in [2.24, 2.45) is 23.5 Å². The molecular formula is C13H25NO. The van der Waals surface area contributed by atoms with Crippen LogP contribution in [0.2, 0.25) is 0 Å². The Morgan fingerprint density at radius 1 is 1.20 bits per heavy atom. The molecule has 0 aromatic heterocycles. The maximum atomic E-state index is 6.61. The molecule has 4 unspecified atom stereocenters. The van der Waals surface area contributed by atoms with Crippen LogP contribution in [0.1, 0.15) is 46.0 Å². The summed E-state index contributed by atoms with van der Waals surface area (Å²) < 4.78 is 5.58. The van der Waals surface area contributed by atoms with Gasteiger partial charge in [-0.3, -0.25) is 0 Å². The Labute approximate surface area is 93.6 Å². The summed E-state index contributed by atoms with van der Waals surface area (Å²) in [6, 6.07) is 0. The molecule has 1 heterocycles. The van der Waals surface area contributed by atoms with Crippen molar-refractivity contribution in [3.05, 3.63) is 0 Å². The molecule has 0 amide bonds. The van der Waals surface area contributed by atoms with Crippen molar-refractivity contribution in [1.29, 1.82) is 0 Å². The highest BCUT2D eigenvalue weighted by Crippen LogP contribution is 2.41. The van der Waals surface area contributed by atoms with E-state index in [1.807, 2.05) is 0 Å². The van der Waals surface area contributed by atoms with Gasteiger partial charge in [0.05, 0.1) is 6.61 Å². The second kappa shape index (κ2) is 4.42. The van der Waals surface area contributed by atoms with Crippen LogP contribution in [0.3, 0.4) is 0 Å². The van der Waals surface area contributed by atoms with E-state index < -0.39 is 0 Å². The predicted octanol–water partition coefficient (Wildman–Crippen LogP) is 2.57. The standard InChI is InChI=1S/C13H25NO/c1-10-5-6-13(14,8-11(10)2)12-4-3-7-15-9-12/h10-12H,3-9,14H2,1-2H3.